The summed E-state index contributed by atoms with van der Waals surface area (Å²) in [4.78, 5) is 103. The number of rotatable bonds is 10. The predicted molar refractivity (Wildman–Crippen MR) is 202 cm³/mol. The minimum Gasteiger partial charge on any atom is -0.370 e. The zero-order valence-electron chi connectivity index (χ0n) is 30.1. The van der Waals surface area contributed by atoms with Crippen LogP contribution in [0.5, 0.6) is 0 Å². The van der Waals surface area contributed by atoms with E-state index < -0.39 is 65.5 Å². The number of ketones is 1. The topological polar surface area (TPSA) is 249 Å². The summed E-state index contributed by atoms with van der Waals surface area (Å²) < 4.78 is 0. The van der Waals surface area contributed by atoms with Crippen molar-refractivity contribution in [2.75, 3.05) is 6.54 Å². The number of hydrogen-bond acceptors (Lipinski definition) is 8. The Balaban J connectivity index is 1.64. The lowest BCUT2D eigenvalue weighted by Gasteiger charge is -2.25. The van der Waals surface area contributed by atoms with Crippen LogP contribution in [0.25, 0.3) is 0 Å². The fraction of sp³-hybridized carbons (Fsp3) is 0.300. The smallest absolute Gasteiger partial charge is 0.244 e. The first-order valence-electron chi connectivity index (χ1n) is 17.9. The molecule has 15 nitrogen and oxygen atoms in total. The second kappa shape index (κ2) is 20.6. The van der Waals surface area contributed by atoms with Gasteiger partial charge in [0.1, 0.15) is 24.2 Å². The van der Waals surface area contributed by atoms with E-state index in [0.29, 0.717) is 35.1 Å². The van der Waals surface area contributed by atoms with Crippen LogP contribution < -0.4 is 38.1 Å². The van der Waals surface area contributed by atoms with E-state index in [9.17, 15) is 38.4 Å². The maximum atomic E-state index is 14.0. The van der Waals surface area contributed by atoms with Crippen molar-refractivity contribution >= 4 is 47.1 Å². The van der Waals surface area contributed by atoms with Crippen LogP contribution in [0.3, 0.4) is 0 Å². The largest absolute Gasteiger partial charge is 0.370 e. The molecule has 15 heteroatoms. The van der Waals surface area contributed by atoms with Crippen molar-refractivity contribution in [3.8, 4) is 0 Å². The summed E-state index contributed by atoms with van der Waals surface area (Å²) in [6.45, 7) is 0.154. The molecule has 0 aliphatic carbocycles. The molecule has 288 valence electrons. The monoisotopic (exact) mass is 751 g/mol. The van der Waals surface area contributed by atoms with Gasteiger partial charge < -0.3 is 38.1 Å². The number of amides is 7. The number of benzene rings is 3. The summed E-state index contributed by atoms with van der Waals surface area (Å²) in [6, 6.07) is 19.4. The highest BCUT2D eigenvalue weighted by Gasteiger charge is 2.30. The Labute approximate surface area is 318 Å². The lowest BCUT2D eigenvalue weighted by molar-refractivity contribution is -0.133. The molecule has 1 aliphatic rings. The van der Waals surface area contributed by atoms with Crippen LogP contribution in [-0.2, 0) is 46.4 Å². The van der Waals surface area contributed by atoms with Gasteiger partial charge >= 0.3 is 0 Å². The fourth-order valence-electron chi connectivity index (χ4n) is 5.84. The first-order chi connectivity index (χ1) is 26.4. The SMILES string of the molecule is NC(=O)CC[C@@H]1NC(=O)/C=C/C(=O)N[C@H](C(N)=O)CCCCNC(=O)[C@@H](Cc2ccc(C(=O)c3ccccc3)cc2)NC(=O)C(Cc2ccccc2)NC1=O. The third-order valence-corrected chi connectivity index (χ3v) is 8.82. The summed E-state index contributed by atoms with van der Waals surface area (Å²) in [5, 5.41) is 13.1. The average molecular weight is 752 g/mol. The molecule has 4 atom stereocenters. The van der Waals surface area contributed by atoms with Crippen LogP contribution in [0.15, 0.2) is 97.1 Å². The van der Waals surface area contributed by atoms with E-state index in [1.165, 1.54) is 0 Å². The first-order valence-corrected chi connectivity index (χ1v) is 17.9. The van der Waals surface area contributed by atoms with Crippen LogP contribution in [0.1, 0.15) is 59.2 Å². The van der Waals surface area contributed by atoms with E-state index in [1.54, 1.807) is 78.9 Å². The molecular weight excluding hydrogens is 706 g/mol. The van der Waals surface area contributed by atoms with Crippen LogP contribution >= 0.6 is 0 Å². The van der Waals surface area contributed by atoms with E-state index in [4.69, 9.17) is 11.5 Å². The standard InChI is InChI=1S/C40H45N7O8/c41-33(48)19-18-30-39(54)47-32(23-25-9-3-1-4-10-25)40(55)46-31(24-26-14-16-28(17-15-26)36(51)27-11-5-2-6-12-27)38(53)43-22-8-7-13-29(37(42)52)44-34(49)20-21-35(50)45-30/h1-6,9-12,14-17,20-21,29-32H,7-8,13,18-19,22-24H2,(H2,41,48)(H2,42,52)(H,43,53)(H,44,49)(H,45,50)(H,46,55)(H,47,54)/b21-20+/t29-,30-,31+,32?/m0/s1. The van der Waals surface area contributed by atoms with Gasteiger partial charge in [-0.15, -0.1) is 0 Å². The van der Waals surface area contributed by atoms with Gasteiger partial charge in [-0.25, -0.2) is 0 Å². The van der Waals surface area contributed by atoms with Crippen molar-refractivity contribution in [3.63, 3.8) is 0 Å². The van der Waals surface area contributed by atoms with Gasteiger partial charge in [-0.05, 0) is 36.8 Å². The molecule has 9 N–H and O–H groups in total. The summed E-state index contributed by atoms with van der Waals surface area (Å²) >= 11 is 0. The quantitative estimate of drug-likeness (QED) is 0.141. The molecule has 55 heavy (non-hydrogen) atoms. The Morgan fingerprint density at radius 3 is 1.71 bits per heavy atom. The maximum Gasteiger partial charge on any atom is 0.244 e. The molecule has 0 aromatic heterocycles. The average Bonchev–Trinajstić information content (AvgIpc) is 3.17. The van der Waals surface area contributed by atoms with Crippen molar-refractivity contribution in [2.24, 2.45) is 11.5 Å². The summed E-state index contributed by atoms with van der Waals surface area (Å²) in [5.41, 5.74) is 13.1. The van der Waals surface area contributed by atoms with Crippen molar-refractivity contribution in [1.29, 1.82) is 0 Å². The third kappa shape index (κ3) is 13.4. The Morgan fingerprint density at radius 1 is 0.582 bits per heavy atom. The zero-order valence-corrected chi connectivity index (χ0v) is 30.1. The van der Waals surface area contributed by atoms with Crippen molar-refractivity contribution < 1.29 is 38.4 Å². The molecule has 1 unspecified atom stereocenters. The van der Waals surface area contributed by atoms with Gasteiger partial charge in [-0.1, -0.05) is 84.9 Å². The van der Waals surface area contributed by atoms with Gasteiger partial charge in [0.15, 0.2) is 5.78 Å². The number of nitrogens with two attached hydrogens (primary N) is 2. The molecule has 0 radical (unpaired) electrons. The van der Waals surface area contributed by atoms with E-state index in [1.807, 2.05) is 6.07 Å². The highest BCUT2D eigenvalue weighted by molar-refractivity contribution is 6.09. The van der Waals surface area contributed by atoms with E-state index in [-0.39, 0.29) is 44.4 Å². The lowest BCUT2D eigenvalue weighted by atomic mass is 9.98. The molecule has 3 aromatic carbocycles. The lowest BCUT2D eigenvalue weighted by Crippen LogP contribution is -2.57. The fourth-order valence-corrected chi connectivity index (χ4v) is 5.84. The number of hydrogen-bond donors (Lipinski definition) is 7. The first kappa shape index (κ1) is 41.1. The highest BCUT2D eigenvalue weighted by atomic mass is 16.2. The van der Waals surface area contributed by atoms with Crippen molar-refractivity contribution in [1.82, 2.24) is 26.6 Å². The molecule has 0 spiro atoms. The Kier molecular flexibility index (Phi) is 15.4. The van der Waals surface area contributed by atoms with E-state index in [2.05, 4.69) is 26.6 Å². The Morgan fingerprint density at radius 2 is 1.11 bits per heavy atom. The number of primary amides is 2. The maximum absolute atomic E-state index is 14.0. The normalized spacial score (nSPS) is 21.1. The molecule has 3 aromatic rings. The molecule has 0 saturated carbocycles. The molecule has 0 fully saturated rings. The van der Waals surface area contributed by atoms with Crippen molar-refractivity contribution in [3.05, 3.63) is 119 Å². The van der Waals surface area contributed by atoms with Gasteiger partial charge in [0.2, 0.25) is 41.4 Å². The summed E-state index contributed by atoms with van der Waals surface area (Å²) in [6.07, 6.45) is 2.12. The summed E-state index contributed by atoms with van der Waals surface area (Å²) in [7, 11) is 0. The van der Waals surface area contributed by atoms with E-state index >= 15 is 0 Å². The number of carbonyl (C=O) groups is 8. The Hall–Kier alpha value is -6.64. The molecule has 7 amide bonds. The molecular formula is C40H45N7O8. The zero-order chi connectivity index (χ0) is 39.7. The molecule has 0 bridgehead atoms. The molecule has 1 heterocycles. The minimum atomic E-state index is -1.36. The second-order valence-corrected chi connectivity index (χ2v) is 13.1. The van der Waals surface area contributed by atoms with Crippen molar-refractivity contribution in [2.45, 2.75) is 69.1 Å². The third-order valence-electron chi connectivity index (χ3n) is 8.82. The summed E-state index contributed by atoms with van der Waals surface area (Å²) in [5.74, 6) is -5.46. The van der Waals surface area contributed by atoms with Gasteiger partial charge in [0.25, 0.3) is 0 Å². The molecule has 0 saturated heterocycles. The van der Waals surface area contributed by atoms with Gasteiger partial charge in [0, 0.05) is 49.1 Å². The Bertz CT molecular complexity index is 1880. The van der Waals surface area contributed by atoms with Crippen LogP contribution in [0.4, 0.5) is 0 Å². The highest BCUT2D eigenvalue weighted by Crippen LogP contribution is 2.14. The van der Waals surface area contributed by atoms with Gasteiger partial charge in [-0.3, -0.25) is 38.4 Å². The van der Waals surface area contributed by atoms with Gasteiger partial charge in [-0.2, -0.15) is 0 Å². The predicted octanol–water partition coefficient (Wildman–Crippen LogP) is 0.249. The number of nitrogens with one attached hydrogen (secondary N) is 5. The second-order valence-electron chi connectivity index (χ2n) is 13.1. The van der Waals surface area contributed by atoms with Gasteiger partial charge in [0.05, 0.1) is 0 Å². The molecule has 4 rings (SSSR count). The number of carbonyl (C=O) groups excluding carboxylic acids is 8. The van der Waals surface area contributed by atoms with Crippen LogP contribution in [0, 0.1) is 0 Å². The van der Waals surface area contributed by atoms with Crippen LogP contribution in [0.2, 0.25) is 0 Å². The minimum absolute atomic E-state index is 0.000631. The van der Waals surface area contributed by atoms with E-state index in [0.717, 1.165) is 12.2 Å². The molecule has 1 aliphatic heterocycles. The van der Waals surface area contributed by atoms with Crippen LogP contribution in [-0.4, -0.2) is 77.8 Å².